The van der Waals surface area contributed by atoms with Crippen molar-refractivity contribution in [1.82, 2.24) is 14.8 Å². The van der Waals surface area contributed by atoms with Crippen molar-refractivity contribution >= 4 is 15.9 Å². The van der Waals surface area contributed by atoms with Crippen molar-refractivity contribution in [2.24, 2.45) is 7.05 Å². The molecule has 0 radical (unpaired) electrons. The van der Waals surface area contributed by atoms with Gasteiger partial charge in [-0.05, 0) is 15.9 Å². The standard InChI is InChI=1S/C6H10BrN3/c1-4(2)5-8-6(7)9-10(5)3/h4H,1-3H3. The molecule has 4 heteroatoms. The molecule has 0 spiro atoms. The number of aromatic nitrogens is 3. The van der Waals surface area contributed by atoms with Crippen LogP contribution in [0.25, 0.3) is 0 Å². The van der Waals surface area contributed by atoms with Crippen LogP contribution in [0.2, 0.25) is 0 Å². The summed E-state index contributed by atoms with van der Waals surface area (Å²) in [6.45, 7) is 4.19. The monoisotopic (exact) mass is 203 g/mol. The first-order chi connectivity index (χ1) is 4.61. The van der Waals surface area contributed by atoms with Crippen LogP contribution in [0.3, 0.4) is 0 Å². The summed E-state index contributed by atoms with van der Waals surface area (Å²) in [6, 6.07) is 0. The van der Waals surface area contributed by atoms with Crippen LogP contribution in [0.15, 0.2) is 4.73 Å². The summed E-state index contributed by atoms with van der Waals surface area (Å²) in [7, 11) is 1.90. The van der Waals surface area contributed by atoms with Gasteiger partial charge < -0.3 is 0 Å². The van der Waals surface area contributed by atoms with E-state index in [1.54, 1.807) is 4.68 Å². The van der Waals surface area contributed by atoms with E-state index in [0.717, 1.165) is 5.82 Å². The Kier molecular flexibility index (Phi) is 2.08. The highest BCUT2D eigenvalue weighted by Gasteiger charge is 2.07. The van der Waals surface area contributed by atoms with Crippen LogP contribution in [-0.4, -0.2) is 14.8 Å². The minimum Gasteiger partial charge on any atom is -0.252 e. The van der Waals surface area contributed by atoms with Crippen LogP contribution in [0, 0.1) is 0 Å². The Hall–Kier alpha value is -0.380. The molecule has 0 N–H and O–H groups in total. The van der Waals surface area contributed by atoms with Crippen LogP contribution < -0.4 is 0 Å². The van der Waals surface area contributed by atoms with Crippen LogP contribution >= 0.6 is 15.9 Å². The second kappa shape index (κ2) is 2.70. The van der Waals surface area contributed by atoms with Crippen molar-refractivity contribution in [2.45, 2.75) is 19.8 Å². The van der Waals surface area contributed by atoms with Crippen molar-refractivity contribution in [2.75, 3.05) is 0 Å². The minimum absolute atomic E-state index is 0.434. The zero-order chi connectivity index (χ0) is 7.72. The van der Waals surface area contributed by atoms with E-state index in [4.69, 9.17) is 0 Å². The first-order valence-corrected chi connectivity index (χ1v) is 3.97. The van der Waals surface area contributed by atoms with Gasteiger partial charge in [-0.3, -0.25) is 4.68 Å². The molecule has 1 heterocycles. The maximum Gasteiger partial charge on any atom is 0.217 e. The molecule has 10 heavy (non-hydrogen) atoms. The predicted molar refractivity (Wildman–Crippen MR) is 42.8 cm³/mol. The summed E-state index contributed by atoms with van der Waals surface area (Å²) in [5.41, 5.74) is 0. The molecule has 0 aliphatic rings. The molecule has 0 aliphatic carbocycles. The molecule has 0 saturated carbocycles. The van der Waals surface area contributed by atoms with Gasteiger partial charge in [0.25, 0.3) is 0 Å². The Morgan fingerprint density at radius 2 is 2.10 bits per heavy atom. The Morgan fingerprint density at radius 1 is 1.50 bits per heavy atom. The summed E-state index contributed by atoms with van der Waals surface area (Å²) < 4.78 is 2.45. The molecule has 0 amide bonds. The summed E-state index contributed by atoms with van der Waals surface area (Å²) in [6.07, 6.45) is 0. The first-order valence-electron chi connectivity index (χ1n) is 3.17. The van der Waals surface area contributed by atoms with Crippen molar-refractivity contribution in [1.29, 1.82) is 0 Å². The molecule has 0 aliphatic heterocycles. The summed E-state index contributed by atoms with van der Waals surface area (Å²) >= 11 is 3.21. The molecule has 0 fully saturated rings. The van der Waals surface area contributed by atoms with Gasteiger partial charge in [0.1, 0.15) is 5.82 Å². The van der Waals surface area contributed by atoms with Gasteiger partial charge in [-0.25, -0.2) is 4.98 Å². The van der Waals surface area contributed by atoms with Crippen molar-refractivity contribution < 1.29 is 0 Å². The second-order valence-electron chi connectivity index (χ2n) is 2.52. The van der Waals surface area contributed by atoms with Crippen molar-refractivity contribution in [3.63, 3.8) is 0 Å². The first kappa shape index (κ1) is 7.72. The van der Waals surface area contributed by atoms with Gasteiger partial charge in [-0.2, -0.15) is 0 Å². The van der Waals surface area contributed by atoms with Gasteiger partial charge in [-0.1, -0.05) is 13.8 Å². The van der Waals surface area contributed by atoms with Gasteiger partial charge in [0, 0.05) is 13.0 Å². The molecular weight excluding hydrogens is 194 g/mol. The second-order valence-corrected chi connectivity index (χ2v) is 3.23. The van der Waals surface area contributed by atoms with E-state index in [9.17, 15) is 0 Å². The number of aryl methyl sites for hydroxylation is 1. The van der Waals surface area contributed by atoms with Crippen LogP contribution in [0.5, 0.6) is 0 Å². The largest absolute Gasteiger partial charge is 0.252 e. The summed E-state index contributed by atoms with van der Waals surface area (Å²) in [5.74, 6) is 1.44. The Balaban J connectivity index is 3.03. The molecule has 0 atom stereocenters. The van der Waals surface area contributed by atoms with Crippen molar-refractivity contribution in [3.05, 3.63) is 10.6 Å². The Labute approximate surface area is 68.6 Å². The van der Waals surface area contributed by atoms with E-state index in [2.05, 4.69) is 39.9 Å². The summed E-state index contributed by atoms with van der Waals surface area (Å²) in [5, 5.41) is 4.05. The van der Waals surface area contributed by atoms with E-state index < -0.39 is 0 Å². The molecule has 3 nitrogen and oxygen atoms in total. The Bertz CT molecular complexity index is 229. The van der Waals surface area contributed by atoms with Gasteiger partial charge >= 0.3 is 0 Å². The van der Waals surface area contributed by atoms with E-state index in [1.807, 2.05) is 7.05 Å². The van der Waals surface area contributed by atoms with Crippen LogP contribution in [0.4, 0.5) is 0 Å². The molecule has 0 unspecified atom stereocenters. The zero-order valence-corrected chi connectivity index (χ0v) is 7.88. The van der Waals surface area contributed by atoms with E-state index in [1.165, 1.54) is 0 Å². The SMILES string of the molecule is CC(C)c1nc(Br)nn1C. The average Bonchev–Trinajstić information content (AvgIpc) is 2.10. The van der Waals surface area contributed by atoms with Gasteiger partial charge in [0.05, 0.1) is 0 Å². The predicted octanol–water partition coefficient (Wildman–Crippen LogP) is 1.70. The highest BCUT2D eigenvalue weighted by molar-refractivity contribution is 9.10. The third-order valence-electron chi connectivity index (χ3n) is 1.29. The van der Waals surface area contributed by atoms with E-state index in [0.29, 0.717) is 10.7 Å². The quantitative estimate of drug-likeness (QED) is 0.696. The minimum atomic E-state index is 0.434. The van der Waals surface area contributed by atoms with E-state index in [-0.39, 0.29) is 0 Å². The normalized spacial score (nSPS) is 10.9. The molecule has 1 rings (SSSR count). The molecule has 56 valence electrons. The Morgan fingerprint density at radius 3 is 2.30 bits per heavy atom. The van der Waals surface area contributed by atoms with Gasteiger partial charge in [-0.15, -0.1) is 5.10 Å². The molecular formula is C6H10BrN3. The molecule has 0 saturated heterocycles. The summed E-state index contributed by atoms with van der Waals surface area (Å²) in [4.78, 5) is 4.18. The number of rotatable bonds is 1. The number of nitrogens with zero attached hydrogens (tertiary/aromatic N) is 3. The van der Waals surface area contributed by atoms with Gasteiger partial charge in [0.15, 0.2) is 0 Å². The maximum absolute atomic E-state index is 4.18. The number of halogens is 1. The lowest BCUT2D eigenvalue weighted by molar-refractivity contribution is 0.654. The lowest BCUT2D eigenvalue weighted by atomic mass is 10.2. The smallest absolute Gasteiger partial charge is 0.217 e. The highest BCUT2D eigenvalue weighted by atomic mass is 79.9. The van der Waals surface area contributed by atoms with Crippen molar-refractivity contribution in [3.8, 4) is 0 Å². The fourth-order valence-corrected chi connectivity index (χ4v) is 1.29. The van der Waals surface area contributed by atoms with Crippen LogP contribution in [0.1, 0.15) is 25.6 Å². The maximum atomic E-state index is 4.18. The van der Waals surface area contributed by atoms with Gasteiger partial charge in [0.2, 0.25) is 4.73 Å². The van der Waals surface area contributed by atoms with E-state index >= 15 is 0 Å². The van der Waals surface area contributed by atoms with Crippen LogP contribution in [-0.2, 0) is 7.05 Å². The number of hydrogen-bond donors (Lipinski definition) is 0. The fourth-order valence-electron chi connectivity index (χ4n) is 0.867. The lowest BCUT2D eigenvalue weighted by Crippen LogP contribution is -2.00. The third-order valence-corrected chi connectivity index (χ3v) is 1.62. The zero-order valence-electron chi connectivity index (χ0n) is 6.30. The molecule has 0 aromatic carbocycles. The number of hydrogen-bond acceptors (Lipinski definition) is 2. The fraction of sp³-hybridized carbons (Fsp3) is 0.667. The molecule has 1 aromatic heterocycles. The average molecular weight is 204 g/mol. The highest BCUT2D eigenvalue weighted by Crippen LogP contribution is 2.12. The molecule has 0 bridgehead atoms. The molecule has 1 aromatic rings. The lowest BCUT2D eigenvalue weighted by Gasteiger charge is -2.00. The third kappa shape index (κ3) is 1.37. The topological polar surface area (TPSA) is 30.7 Å².